The monoisotopic (exact) mass is 734 g/mol. The lowest BCUT2D eigenvalue weighted by Gasteiger charge is -2.30. The standard InChI is InChI=1S/C37H62N6O7S/c1-10-24(8)31(36(48)39-27(18-21(2)3)33(45)41-29(37(49)50)19-22(4)5)43-34(46)28(20-25-14-12-11-13-15-25)40-35(47)30(23(6)7)42-32(44)26(38)16-17-51-9/h11-15,21-24,26-31H,10,16-20,38H2,1-9H3,(H,39,48)(H,40,47)(H,41,45)(H,42,44)(H,43,46)(H,49,50)/t24-,26-,27-,28-,29-,30-,31-/m0/s1. The van der Waals surface area contributed by atoms with Crippen molar-refractivity contribution >= 4 is 47.3 Å². The molecule has 0 aliphatic heterocycles. The fourth-order valence-corrected chi connectivity index (χ4v) is 5.87. The molecule has 288 valence electrons. The number of amides is 5. The van der Waals surface area contributed by atoms with Gasteiger partial charge in [0.1, 0.15) is 30.2 Å². The van der Waals surface area contributed by atoms with Gasteiger partial charge in [-0.15, -0.1) is 0 Å². The Morgan fingerprint density at radius 2 is 1.18 bits per heavy atom. The van der Waals surface area contributed by atoms with E-state index in [1.165, 1.54) is 0 Å². The highest BCUT2D eigenvalue weighted by molar-refractivity contribution is 7.98. The predicted molar refractivity (Wildman–Crippen MR) is 202 cm³/mol. The first-order valence-corrected chi connectivity index (χ1v) is 19.3. The van der Waals surface area contributed by atoms with Crippen LogP contribution in [0.15, 0.2) is 30.3 Å². The van der Waals surface area contributed by atoms with Crippen LogP contribution in [-0.2, 0) is 35.2 Å². The summed E-state index contributed by atoms with van der Waals surface area (Å²) in [6, 6.07) is 2.94. The number of nitrogens with two attached hydrogens (primary N) is 1. The zero-order chi connectivity index (χ0) is 38.8. The molecule has 0 unspecified atom stereocenters. The first kappa shape index (κ1) is 45.4. The molecule has 13 nitrogen and oxygen atoms in total. The van der Waals surface area contributed by atoms with Crippen molar-refractivity contribution < 1.29 is 33.9 Å². The number of carbonyl (C=O) groups excluding carboxylic acids is 5. The number of thioether (sulfide) groups is 1. The first-order valence-electron chi connectivity index (χ1n) is 17.9. The van der Waals surface area contributed by atoms with E-state index in [0.717, 1.165) is 5.56 Å². The Kier molecular flexibility index (Phi) is 20.5. The van der Waals surface area contributed by atoms with Gasteiger partial charge in [-0.25, -0.2) is 4.79 Å². The third kappa shape index (κ3) is 16.5. The highest BCUT2D eigenvalue weighted by atomic mass is 32.2. The molecule has 0 spiro atoms. The molecule has 0 saturated heterocycles. The smallest absolute Gasteiger partial charge is 0.326 e. The second-order valence-corrected chi connectivity index (χ2v) is 15.4. The number of carbonyl (C=O) groups is 6. The number of hydrogen-bond donors (Lipinski definition) is 7. The molecule has 0 radical (unpaired) electrons. The highest BCUT2D eigenvalue weighted by Crippen LogP contribution is 2.14. The number of nitrogens with one attached hydrogen (secondary N) is 5. The molecule has 0 bridgehead atoms. The largest absolute Gasteiger partial charge is 0.480 e. The third-order valence-electron chi connectivity index (χ3n) is 8.59. The summed E-state index contributed by atoms with van der Waals surface area (Å²) in [7, 11) is 0. The van der Waals surface area contributed by atoms with Crippen molar-refractivity contribution in [1.29, 1.82) is 0 Å². The van der Waals surface area contributed by atoms with Gasteiger partial charge in [-0.2, -0.15) is 11.8 Å². The van der Waals surface area contributed by atoms with Gasteiger partial charge in [0.15, 0.2) is 0 Å². The molecule has 1 aromatic carbocycles. The molecule has 0 heterocycles. The van der Waals surface area contributed by atoms with Gasteiger partial charge in [-0.1, -0.05) is 92.1 Å². The highest BCUT2D eigenvalue weighted by Gasteiger charge is 2.35. The minimum Gasteiger partial charge on any atom is -0.480 e. The summed E-state index contributed by atoms with van der Waals surface area (Å²) in [5.74, 6) is -4.08. The molecular weight excluding hydrogens is 673 g/mol. The van der Waals surface area contributed by atoms with Gasteiger partial charge in [0.25, 0.3) is 0 Å². The predicted octanol–water partition coefficient (Wildman–Crippen LogP) is 2.61. The van der Waals surface area contributed by atoms with Crippen LogP contribution in [0.5, 0.6) is 0 Å². The van der Waals surface area contributed by atoms with Gasteiger partial charge < -0.3 is 37.4 Å². The zero-order valence-corrected chi connectivity index (χ0v) is 32.6. The Bertz CT molecular complexity index is 1280. The van der Waals surface area contributed by atoms with Gasteiger partial charge in [0.05, 0.1) is 6.04 Å². The Labute approximate surface area is 308 Å². The normalized spacial score (nSPS) is 15.5. The average Bonchev–Trinajstić information content (AvgIpc) is 3.06. The molecule has 14 heteroatoms. The molecule has 1 aromatic rings. The van der Waals surface area contributed by atoms with Crippen LogP contribution < -0.4 is 32.3 Å². The summed E-state index contributed by atoms with van der Waals surface area (Å²) < 4.78 is 0. The van der Waals surface area contributed by atoms with Crippen molar-refractivity contribution in [2.45, 2.75) is 124 Å². The van der Waals surface area contributed by atoms with Crippen LogP contribution in [0.4, 0.5) is 0 Å². The van der Waals surface area contributed by atoms with E-state index in [0.29, 0.717) is 18.6 Å². The van der Waals surface area contributed by atoms with Crippen LogP contribution in [0, 0.1) is 23.7 Å². The molecule has 0 aromatic heterocycles. The Balaban J connectivity index is 3.34. The number of hydrogen-bond acceptors (Lipinski definition) is 8. The van der Waals surface area contributed by atoms with Crippen molar-refractivity contribution in [2.24, 2.45) is 29.4 Å². The minimum absolute atomic E-state index is 0.00787. The first-order chi connectivity index (χ1) is 23.9. The van der Waals surface area contributed by atoms with E-state index in [-0.39, 0.29) is 42.9 Å². The molecular formula is C37H62N6O7S. The van der Waals surface area contributed by atoms with Crippen molar-refractivity contribution in [3.05, 3.63) is 35.9 Å². The molecule has 8 N–H and O–H groups in total. The second-order valence-electron chi connectivity index (χ2n) is 14.5. The Morgan fingerprint density at radius 3 is 1.69 bits per heavy atom. The number of rotatable bonds is 23. The second kappa shape index (κ2) is 23.0. The molecule has 1 rings (SSSR count). The molecule has 5 amide bonds. The Morgan fingerprint density at radius 1 is 0.686 bits per heavy atom. The van der Waals surface area contributed by atoms with Crippen LogP contribution >= 0.6 is 11.8 Å². The molecule has 51 heavy (non-hydrogen) atoms. The van der Waals surface area contributed by atoms with Crippen LogP contribution in [0.2, 0.25) is 0 Å². The van der Waals surface area contributed by atoms with Crippen molar-refractivity contribution in [2.75, 3.05) is 12.0 Å². The fraction of sp³-hybridized carbons (Fsp3) is 0.676. The lowest BCUT2D eigenvalue weighted by atomic mass is 9.95. The molecule has 7 atom stereocenters. The number of carboxylic acids is 1. The van der Waals surface area contributed by atoms with E-state index in [9.17, 15) is 33.9 Å². The van der Waals surface area contributed by atoms with Gasteiger partial charge >= 0.3 is 5.97 Å². The van der Waals surface area contributed by atoms with Gasteiger partial charge in [-0.05, 0) is 60.5 Å². The van der Waals surface area contributed by atoms with E-state index in [1.54, 1.807) is 32.5 Å². The lowest BCUT2D eigenvalue weighted by Crippen LogP contribution is -2.61. The van der Waals surface area contributed by atoms with E-state index in [2.05, 4.69) is 26.6 Å². The van der Waals surface area contributed by atoms with E-state index >= 15 is 0 Å². The maximum Gasteiger partial charge on any atom is 0.326 e. The Hall–Kier alpha value is -3.65. The molecule has 0 aliphatic carbocycles. The van der Waals surface area contributed by atoms with Crippen molar-refractivity contribution in [3.8, 4) is 0 Å². The van der Waals surface area contributed by atoms with Crippen molar-refractivity contribution in [1.82, 2.24) is 26.6 Å². The van der Waals surface area contributed by atoms with Gasteiger partial charge in [0, 0.05) is 6.42 Å². The van der Waals surface area contributed by atoms with E-state index in [1.807, 2.05) is 71.2 Å². The van der Waals surface area contributed by atoms with Gasteiger partial charge in [0.2, 0.25) is 29.5 Å². The lowest BCUT2D eigenvalue weighted by molar-refractivity contribution is -0.143. The van der Waals surface area contributed by atoms with Crippen LogP contribution in [0.3, 0.4) is 0 Å². The number of benzene rings is 1. The van der Waals surface area contributed by atoms with Gasteiger partial charge in [-0.3, -0.25) is 24.0 Å². The molecule has 0 saturated carbocycles. The summed E-state index contributed by atoms with van der Waals surface area (Å²) >= 11 is 1.56. The van der Waals surface area contributed by atoms with Crippen LogP contribution in [0.25, 0.3) is 0 Å². The third-order valence-corrected chi connectivity index (χ3v) is 9.23. The maximum absolute atomic E-state index is 14.0. The summed E-state index contributed by atoms with van der Waals surface area (Å²) in [6.45, 7) is 14.7. The summed E-state index contributed by atoms with van der Waals surface area (Å²) in [4.78, 5) is 79.6. The average molecular weight is 735 g/mol. The minimum atomic E-state index is -1.17. The topological polar surface area (TPSA) is 209 Å². The fourth-order valence-electron chi connectivity index (χ4n) is 5.38. The number of carboxylic acid groups (broad SMARTS) is 1. The zero-order valence-electron chi connectivity index (χ0n) is 31.8. The van der Waals surface area contributed by atoms with Crippen LogP contribution in [-0.4, -0.2) is 88.9 Å². The van der Waals surface area contributed by atoms with Crippen molar-refractivity contribution in [3.63, 3.8) is 0 Å². The summed E-state index contributed by atoms with van der Waals surface area (Å²) in [5, 5.41) is 23.4. The maximum atomic E-state index is 14.0. The molecule has 0 aliphatic rings. The summed E-state index contributed by atoms with van der Waals surface area (Å²) in [5.41, 5.74) is 6.81. The van der Waals surface area contributed by atoms with Crippen LogP contribution in [0.1, 0.15) is 86.6 Å². The SMILES string of the molecule is CC[C@H](C)[C@H](NC(=O)[C@H](Cc1ccccc1)NC(=O)[C@@H](NC(=O)[C@@H](N)CCSC)C(C)C)C(=O)N[C@@H](CC(C)C)C(=O)N[C@@H](CC(C)C)C(=O)O. The van der Waals surface area contributed by atoms with E-state index < -0.39 is 71.8 Å². The number of aliphatic carboxylic acids is 1. The van der Waals surface area contributed by atoms with E-state index in [4.69, 9.17) is 5.73 Å². The quantitative estimate of drug-likeness (QED) is 0.0881. The molecule has 0 fully saturated rings. The summed E-state index contributed by atoms with van der Waals surface area (Å²) in [6.07, 6.45) is 3.41.